The highest BCUT2D eigenvalue weighted by Gasteiger charge is 2.19. The monoisotopic (exact) mass is 324 g/mol. The molecule has 0 aliphatic heterocycles. The third kappa shape index (κ3) is 3.97. The summed E-state index contributed by atoms with van der Waals surface area (Å²) in [5.74, 6) is 5.29. The highest BCUT2D eigenvalue weighted by Crippen LogP contribution is 2.24. The average molecular weight is 324 g/mol. The van der Waals surface area contributed by atoms with Crippen molar-refractivity contribution in [2.75, 3.05) is 11.6 Å². The van der Waals surface area contributed by atoms with Crippen molar-refractivity contribution in [1.29, 1.82) is 0 Å². The fraction of sp³-hybridized carbons (Fsp3) is 0.357. The van der Waals surface area contributed by atoms with Crippen molar-refractivity contribution in [2.45, 2.75) is 31.5 Å². The minimum atomic E-state index is -0.549. The molecular weight excluding hydrogens is 307 g/mol. The SMILES string of the molecule is CC(C)(C)OC(=O)CSc1nnc(-c2ccccc2F)n1N. The van der Waals surface area contributed by atoms with Gasteiger partial charge in [-0.1, -0.05) is 23.9 Å². The smallest absolute Gasteiger partial charge is 0.316 e. The molecule has 0 bridgehead atoms. The molecule has 0 atom stereocenters. The Morgan fingerprint density at radius 2 is 2.05 bits per heavy atom. The second-order valence-electron chi connectivity index (χ2n) is 5.53. The number of halogens is 1. The van der Waals surface area contributed by atoms with Crippen molar-refractivity contribution in [3.63, 3.8) is 0 Å². The molecule has 6 nitrogen and oxygen atoms in total. The summed E-state index contributed by atoms with van der Waals surface area (Å²) in [5, 5.41) is 8.06. The molecule has 1 heterocycles. The molecule has 22 heavy (non-hydrogen) atoms. The molecule has 0 amide bonds. The molecule has 0 unspecified atom stereocenters. The molecule has 0 aliphatic carbocycles. The number of hydrogen-bond acceptors (Lipinski definition) is 6. The van der Waals surface area contributed by atoms with Crippen LogP contribution in [0, 0.1) is 5.82 Å². The van der Waals surface area contributed by atoms with Gasteiger partial charge >= 0.3 is 5.97 Å². The molecule has 2 rings (SSSR count). The van der Waals surface area contributed by atoms with Crippen LogP contribution in [0.1, 0.15) is 20.8 Å². The van der Waals surface area contributed by atoms with E-state index in [0.29, 0.717) is 5.16 Å². The lowest BCUT2D eigenvalue weighted by Crippen LogP contribution is -2.25. The first-order valence-electron chi connectivity index (χ1n) is 6.58. The Bertz CT molecular complexity index is 682. The molecule has 1 aromatic carbocycles. The van der Waals surface area contributed by atoms with Crippen molar-refractivity contribution in [3.05, 3.63) is 30.1 Å². The van der Waals surface area contributed by atoms with Gasteiger partial charge in [0.1, 0.15) is 11.4 Å². The summed E-state index contributed by atoms with van der Waals surface area (Å²) >= 11 is 1.08. The van der Waals surface area contributed by atoms with Gasteiger partial charge in [0.15, 0.2) is 5.82 Å². The lowest BCUT2D eigenvalue weighted by molar-refractivity contribution is -0.151. The van der Waals surface area contributed by atoms with Crippen LogP contribution in [0.5, 0.6) is 0 Å². The second kappa shape index (κ2) is 6.35. The van der Waals surface area contributed by atoms with Gasteiger partial charge in [0.2, 0.25) is 5.16 Å². The number of carbonyl (C=O) groups is 1. The van der Waals surface area contributed by atoms with Gasteiger partial charge in [-0.05, 0) is 32.9 Å². The van der Waals surface area contributed by atoms with E-state index in [1.807, 2.05) is 0 Å². The molecule has 8 heteroatoms. The number of thioether (sulfide) groups is 1. The zero-order valence-corrected chi connectivity index (χ0v) is 13.4. The summed E-state index contributed by atoms with van der Waals surface area (Å²) < 4.78 is 20.1. The van der Waals surface area contributed by atoms with E-state index >= 15 is 0 Å². The fourth-order valence-electron chi connectivity index (χ4n) is 1.70. The summed E-state index contributed by atoms with van der Waals surface area (Å²) in [6, 6.07) is 6.14. The van der Waals surface area contributed by atoms with Gasteiger partial charge in [-0.3, -0.25) is 4.79 Å². The Labute approximate surface area is 131 Å². The number of carbonyl (C=O) groups excluding carboxylic acids is 1. The van der Waals surface area contributed by atoms with Gasteiger partial charge in [0.05, 0.1) is 11.3 Å². The van der Waals surface area contributed by atoms with E-state index in [-0.39, 0.29) is 23.1 Å². The molecule has 2 aromatic rings. The fourth-order valence-corrected chi connectivity index (χ4v) is 2.33. The predicted molar refractivity (Wildman–Crippen MR) is 82.1 cm³/mol. The largest absolute Gasteiger partial charge is 0.459 e. The number of hydrogen-bond donors (Lipinski definition) is 1. The quantitative estimate of drug-likeness (QED) is 0.527. The van der Waals surface area contributed by atoms with Crippen molar-refractivity contribution in [1.82, 2.24) is 14.9 Å². The van der Waals surface area contributed by atoms with Crippen LogP contribution in [0.4, 0.5) is 4.39 Å². The van der Waals surface area contributed by atoms with E-state index in [2.05, 4.69) is 10.2 Å². The van der Waals surface area contributed by atoms with Crippen LogP contribution in [0.15, 0.2) is 29.4 Å². The number of nitrogens with zero attached hydrogens (tertiary/aromatic N) is 3. The lowest BCUT2D eigenvalue weighted by atomic mass is 10.2. The first-order chi connectivity index (χ1) is 10.3. The van der Waals surface area contributed by atoms with Gasteiger partial charge < -0.3 is 10.6 Å². The topological polar surface area (TPSA) is 83.0 Å². The molecule has 0 spiro atoms. The molecule has 2 N–H and O–H groups in total. The summed E-state index contributed by atoms with van der Waals surface area (Å²) in [6.07, 6.45) is 0. The minimum absolute atomic E-state index is 0.0455. The molecule has 0 saturated heterocycles. The average Bonchev–Trinajstić information content (AvgIpc) is 2.76. The number of nitrogens with two attached hydrogens (primary N) is 1. The Kier molecular flexibility index (Phi) is 4.70. The van der Waals surface area contributed by atoms with Crippen LogP contribution in [0.3, 0.4) is 0 Å². The second-order valence-corrected chi connectivity index (χ2v) is 6.47. The molecule has 0 saturated carbocycles. The van der Waals surface area contributed by atoms with Crippen LogP contribution in [-0.2, 0) is 9.53 Å². The molecule has 0 aliphatic rings. The number of nitrogen functional groups attached to an aromatic ring is 1. The molecule has 1 aromatic heterocycles. The number of aromatic nitrogens is 3. The van der Waals surface area contributed by atoms with E-state index in [4.69, 9.17) is 10.6 Å². The van der Waals surface area contributed by atoms with Crippen LogP contribution < -0.4 is 5.84 Å². The Morgan fingerprint density at radius 3 is 2.68 bits per heavy atom. The molecule has 118 valence electrons. The maximum atomic E-state index is 13.7. The molecular formula is C14H17FN4O2S. The zero-order chi connectivity index (χ0) is 16.3. The highest BCUT2D eigenvalue weighted by molar-refractivity contribution is 7.99. The van der Waals surface area contributed by atoms with Crippen molar-refractivity contribution in [3.8, 4) is 11.4 Å². The Morgan fingerprint density at radius 1 is 1.36 bits per heavy atom. The van der Waals surface area contributed by atoms with Gasteiger partial charge in [0.25, 0.3) is 0 Å². The third-order valence-corrected chi connectivity index (χ3v) is 3.44. The Balaban J connectivity index is 2.09. The van der Waals surface area contributed by atoms with Gasteiger partial charge in [-0.15, -0.1) is 10.2 Å². The van der Waals surface area contributed by atoms with Crippen LogP contribution in [-0.4, -0.2) is 32.2 Å². The van der Waals surface area contributed by atoms with E-state index in [1.165, 1.54) is 6.07 Å². The van der Waals surface area contributed by atoms with Crippen LogP contribution in [0.25, 0.3) is 11.4 Å². The lowest BCUT2D eigenvalue weighted by Gasteiger charge is -2.19. The normalized spacial score (nSPS) is 11.5. The minimum Gasteiger partial charge on any atom is -0.459 e. The maximum absolute atomic E-state index is 13.7. The van der Waals surface area contributed by atoms with Gasteiger partial charge in [-0.2, -0.15) is 0 Å². The number of benzene rings is 1. The van der Waals surface area contributed by atoms with Crippen molar-refractivity contribution >= 4 is 17.7 Å². The summed E-state index contributed by atoms with van der Waals surface area (Å²) in [7, 11) is 0. The maximum Gasteiger partial charge on any atom is 0.316 e. The summed E-state index contributed by atoms with van der Waals surface area (Å²) in [6.45, 7) is 5.37. The van der Waals surface area contributed by atoms with Crippen LogP contribution >= 0.6 is 11.8 Å². The summed E-state index contributed by atoms with van der Waals surface area (Å²) in [4.78, 5) is 11.7. The first kappa shape index (κ1) is 16.3. The zero-order valence-electron chi connectivity index (χ0n) is 12.5. The van der Waals surface area contributed by atoms with E-state index < -0.39 is 11.4 Å². The van der Waals surface area contributed by atoms with Crippen LogP contribution in [0.2, 0.25) is 0 Å². The predicted octanol–water partition coefficient (Wildman–Crippen LogP) is 2.23. The van der Waals surface area contributed by atoms with E-state index in [1.54, 1.807) is 39.0 Å². The highest BCUT2D eigenvalue weighted by atomic mass is 32.2. The first-order valence-corrected chi connectivity index (χ1v) is 7.56. The number of ether oxygens (including phenoxy) is 1. The molecule has 0 fully saturated rings. The van der Waals surface area contributed by atoms with E-state index in [9.17, 15) is 9.18 Å². The van der Waals surface area contributed by atoms with Crippen molar-refractivity contribution < 1.29 is 13.9 Å². The Hall–Kier alpha value is -2.09. The number of esters is 1. The van der Waals surface area contributed by atoms with Gasteiger partial charge in [-0.25, -0.2) is 9.07 Å². The summed E-state index contributed by atoms with van der Waals surface area (Å²) in [5.41, 5.74) is -0.298. The van der Waals surface area contributed by atoms with Crippen molar-refractivity contribution in [2.24, 2.45) is 0 Å². The third-order valence-electron chi connectivity index (χ3n) is 2.52. The molecule has 0 radical (unpaired) electrons. The van der Waals surface area contributed by atoms with Gasteiger partial charge in [0, 0.05) is 0 Å². The number of rotatable bonds is 4. The standard InChI is InChI=1S/C14H17FN4O2S/c1-14(2,3)21-11(20)8-22-13-18-17-12(19(13)16)9-6-4-5-7-10(9)15/h4-7H,8,16H2,1-3H3. The van der Waals surface area contributed by atoms with E-state index in [0.717, 1.165) is 16.4 Å².